The van der Waals surface area contributed by atoms with E-state index < -0.39 is 5.91 Å². The summed E-state index contributed by atoms with van der Waals surface area (Å²) in [7, 11) is 0. The number of thioether (sulfide) groups is 1. The van der Waals surface area contributed by atoms with E-state index >= 15 is 0 Å². The molecule has 1 aromatic carbocycles. The van der Waals surface area contributed by atoms with Crippen LogP contribution in [-0.2, 0) is 17.6 Å². The van der Waals surface area contributed by atoms with Crippen molar-refractivity contribution >= 4 is 39.9 Å². The number of nitrogens with one attached hydrogen (secondary N) is 1. The Morgan fingerprint density at radius 1 is 1.30 bits per heavy atom. The molecule has 0 fully saturated rings. The molecular weight excluding hydrogens is 418 g/mol. The molecular formula is C21H23N5O2S2. The van der Waals surface area contributed by atoms with Crippen LogP contribution >= 0.6 is 23.1 Å². The van der Waals surface area contributed by atoms with Gasteiger partial charge >= 0.3 is 0 Å². The van der Waals surface area contributed by atoms with Gasteiger partial charge < -0.3 is 11.1 Å². The molecule has 0 bridgehead atoms. The Bertz CT molecular complexity index is 1090. The van der Waals surface area contributed by atoms with Gasteiger partial charge in [0.1, 0.15) is 10.8 Å². The first-order chi connectivity index (χ1) is 14.4. The summed E-state index contributed by atoms with van der Waals surface area (Å²) >= 11 is 2.78. The van der Waals surface area contributed by atoms with E-state index in [-0.39, 0.29) is 11.7 Å². The van der Waals surface area contributed by atoms with E-state index in [0.717, 1.165) is 41.2 Å². The van der Waals surface area contributed by atoms with E-state index in [1.54, 1.807) is 0 Å². The molecule has 2 heterocycles. The molecule has 0 aliphatic heterocycles. The van der Waals surface area contributed by atoms with Crippen molar-refractivity contribution in [3.05, 3.63) is 52.2 Å². The Morgan fingerprint density at radius 3 is 2.80 bits per heavy atom. The maximum Gasteiger partial charge on any atom is 0.251 e. The van der Waals surface area contributed by atoms with E-state index in [4.69, 9.17) is 5.73 Å². The summed E-state index contributed by atoms with van der Waals surface area (Å²) in [5.41, 5.74) is 8.06. The van der Waals surface area contributed by atoms with Crippen LogP contribution in [0.3, 0.4) is 0 Å². The average Bonchev–Trinajstić information content (AvgIpc) is 3.26. The fourth-order valence-corrected chi connectivity index (χ4v) is 5.93. The van der Waals surface area contributed by atoms with Crippen LogP contribution in [0.15, 0.2) is 35.5 Å². The van der Waals surface area contributed by atoms with Crippen molar-refractivity contribution in [1.82, 2.24) is 14.8 Å². The zero-order valence-corrected chi connectivity index (χ0v) is 18.5. The molecule has 0 radical (unpaired) electrons. The van der Waals surface area contributed by atoms with Gasteiger partial charge in [0, 0.05) is 10.6 Å². The summed E-state index contributed by atoms with van der Waals surface area (Å²) in [6.07, 6.45) is 2.78. The maximum atomic E-state index is 12.7. The monoisotopic (exact) mass is 441 g/mol. The Labute approximate surface area is 183 Å². The molecule has 3 N–H and O–H groups in total. The van der Waals surface area contributed by atoms with Gasteiger partial charge in [-0.3, -0.25) is 14.2 Å². The van der Waals surface area contributed by atoms with Crippen molar-refractivity contribution < 1.29 is 9.59 Å². The lowest BCUT2D eigenvalue weighted by molar-refractivity contribution is -0.113. The molecule has 4 rings (SSSR count). The largest absolute Gasteiger partial charge is 0.365 e. The molecule has 1 atom stereocenters. The van der Waals surface area contributed by atoms with Crippen molar-refractivity contribution in [3.8, 4) is 5.69 Å². The van der Waals surface area contributed by atoms with Gasteiger partial charge in [-0.15, -0.1) is 21.5 Å². The molecule has 30 heavy (non-hydrogen) atoms. The number of carbonyl (C=O) groups is 2. The van der Waals surface area contributed by atoms with Crippen LogP contribution in [0.2, 0.25) is 0 Å². The van der Waals surface area contributed by atoms with Crippen molar-refractivity contribution in [3.63, 3.8) is 0 Å². The number of aromatic nitrogens is 3. The molecule has 7 nitrogen and oxygen atoms in total. The summed E-state index contributed by atoms with van der Waals surface area (Å²) in [5, 5.41) is 12.5. The molecule has 156 valence electrons. The molecule has 0 spiro atoms. The number of hydrogen-bond acceptors (Lipinski definition) is 6. The zero-order chi connectivity index (χ0) is 21.3. The molecule has 1 aliphatic rings. The number of amides is 2. The minimum absolute atomic E-state index is 0.155. The van der Waals surface area contributed by atoms with E-state index in [1.165, 1.54) is 23.1 Å². The standard InChI is InChI=1S/C21H23N5O2S2/c1-12-8-9-15-16(10-12)30-20(18(15)19(22)28)23-17(27)11-29-21-25-24-13(2)26(21)14-6-4-3-5-7-14/h3-7,12H,8-11H2,1-2H3,(H2,22,28)(H,23,27)/t12-/m0/s1. The van der Waals surface area contributed by atoms with Crippen molar-refractivity contribution in [2.75, 3.05) is 11.1 Å². The Kier molecular flexibility index (Phi) is 5.92. The molecule has 1 aliphatic carbocycles. The number of anilines is 1. The predicted molar refractivity (Wildman–Crippen MR) is 119 cm³/mol. The Balaban J connectivity index is 1.49. The lowest BCUT2D eigenvalue weighted by Crippen LogP contribution is -2.20. The number of primary amides is 1. The van der Waals surface area contributed by atoms with Gasteiger partial charge in [-0.2, -0.15) is 0 Å². The maximum absolute atomic E-state index is 12.7. The highest BCUT2D eigenvalue weighted by atomic mass is 32.2. The first-order valence-electron chi connectivity index (χ1n) is 9.78. The van der Waals surface area contributed by atoms with Gasteiger partial charge in [0.2, 0.25) is 5.91 Å². The number of nitrogens with two attached hydrogens (primary N) is 1. The summed E-state index contributed by atoms with van der Waals surface area (Å²) in [4.78, 5) is 25.9. The SMILES string of the molecule is Cc1nnc(SCC(=O)Nc2sc3c(c2C(N)=O)CC[C@H](C)C3)n1-c1ccccc1. The van der Waals surface area contributed by atoms with Gasteiger partial charge in [-0.25, -0.2) is 0 Å². The fraction of sp³-hybridized carbons (Fsp3) is 0.333. The highest BCUT2D eigenvalue weighted by Crippen LogP contribution is 2.39. The number of hydrogen-bond donors (Lipinski definition) is 2. The normalized spacial score (nSPS) is 15.6. The molecule has 0 saturated carbocycles. The second-order valence-electron chi connectivity index (χ2n) is 7.46. The highest BCUT2D eigenvalue weighted by Gasteiger charge is 2.27. The number of carbonyl (C=O) groups excluding carboxylic acids is 2. The summed E-state index contributed by atoms with van der Waals surface area (Å²) in [5.74, 6) is 0.796. The lowest BCUT2D eigenvalue weighted by atomic mass is 9.88. The van der Waals surface area contributed by atoms with Crippen molar-refractivity contribution in [2.24, 2.45) is 11.7 Å². The summed E-state index contributed by atoms with van der Waals surface area (Å²) in [6.45, 7) is 4.08. The highest BCUT2D eigenvalue weighted by molar-refractivity contribution is 7.99. The second kappa shape index (κ2) is 8.61. The van der Waals surface area contributed by atoms with Crippen LogP contribution in [0, 0.1) is 12.8 Å². The molecule has 0 unspecified atom stereocenters. The van der Waals surface area contributed by atoms with E-state index in [2.05, 4.69) is 22.4 Å². The van der Waals surface area contributed by atoms with Crippen molar-refractivity contribution in [2.45, 2.75) is 38.3 Å². The van der Waals surface area contributed by atoms with Gasteiger partial charge in [-0.1, -0.05) is 36.9 Å². The summed E-state index contributed by atoms with van der Waals surface area (Å²) < 4.78 is 1.91. The number of para-hydroxylation sites is 1. The van der Waals surface area contributed by atoms with Crippen LogP contribution in [-0.4, -0.2) is 32.3 Å². The number of rotatable bonds is 6. The number of benzene rings is 1. The summed E-state index contributed by atoms with van der Waals surface area (Å²) in [6, 6.07) is 9.77. The first-order valence-corrected chi connectivity index (χ1v) is 11.6. The topological polar surface area (TPSA) is 103 Å². The number of aryl methyl sites for hydroxylation is 1. The Morgan fingerprint density at radius 2 is 2.07 bits per heavy atom. The molecule has 3 aromatic rings. The molecule has 2 amide bonds. The second-order valence-corrected chi connectivity index (χ2v) is 9.51. The third-order valence-electron chi connectivity index (χ3n) is 5.15. The average molecular weight is 442 g/mol. The first kappa shape index (κ1) is 20.6. The van der Waals surface area contributed by atoms with E-state index in [9.17, 15) is 9.59 Å². The third-order valence-corrected chi connectivity index (χ3v) is 7.25. The van der Waals surface area contributed by atoms with Crippen LogP contribution in [0.4, 0.5) is 5.00 Å². The number of fused-ring (bicyclic) bond motifs is 1. The van der Waals surface area contributed by atoms with Crippen LogP contribution in [0.25, 0.3) is 5.69 Å². The zero-order valence-electron chi connectivity index (χ0n) is 16.8. The van der Waals surface area contributed by atoms with Crippen LogP contribution in [0.1, 0.15) is 40.0 Å². The predicted octanol–water partition coefficient (Wildman–Crippen LogP) is 3.59. The quantitative estimate of drug-likeness (QED) is 0.569. The van der Waals surface area contributed by atoms with E-state index in [0.29, 0.717) is 21.6 Å². The van der Waals surface area contributed by atoms with Crippen LogP contribution in [0.5, 0.6) is 0 Å². The number of nitrogens with zero attached hydrogens (tertiary/aromatic N) is 3. The third kappa shape index (κ3) is 4.13. The van der Waals surface area contributed by atoms with Crippen molar-refractivity contribution in [1.29, 1.82) is 0 Å². The Hall–Kier alpha value is -2.65. The molecule has 0 saturated heterocycles. The van der Waals surface area contributed by atoms with Gasteiger partial charge in [0.15, 0.2) is 5.16 Å². The van der Waals surface area contributed by atoms with Gasteiger partial charge in [0.25, 0.3) is 5.91 Å². The number of thiophene rings is 1. The fourth-order valence-electron chi connectivity index (χ4n) is 3.70. The lowest BCUT2D eigenvalue weighted by Gasteiger charge is -2.18. The minimum Gasteiger partial charge on any atom is -0.365 e. The van der Waals surface area contributed by atoms with Crippen LogP contribution < -0.4 is 11.1 Å². The molecule has 9 heteroatoms. The smallest absolute Gasteiger partial charge is 0.251 e. The van der Waals surface area contributed by atoms with E-state index in [1.807, 2.05) is 41.8 Å². The minimum atomic E-state index is -0.482. The molecule has 2 aromatic heterocycles. The van der Waals surface area contributed by atoms with Gasteiger partial charge in [0.05, 0.1) is 11.3 Å². The van der Waals surface area contributed by atoms with Gasteiger partial charge in [-0.05, 0) is 49.8 Å².